The summed E-state index contributed by atoms with van der Waals surface area (Å²) in [6.45, 7) is 3.70. The van der Waals surface area contributed by atoms with Gasteiger partial charge in [-0.2, -0.15) is 0 Å². The van der Waals surface area contributed by atoms with Crippen molar-refractivity contribution in [3.63, 3.8) is 0 Å². The number of hydrogen-bond acceptors (Lipinski definition) is 4. The van der Waals surface area contributed by atoms with Crippen LogP contribution in [0, 0.1) is 0 Å². The van der Waals surface area contributed by atoms with Crippen molar-refractivity contribution in [1.29, 1.82) is 0 Å². The van der Waals surface area contributed by atoms with Crippen LogP contribution in [0.4, 0.5) is 0 Å². The number of aliphatic hydroxyl groups is 2. The lowest BCUT2D eigenvalue weighted by molar-refractivity contribution is -0.134. The molecule has 5 heteroatoms. The first-order chi connectivity index (χ1) is 15.1. The van der Waals surface area contributed by atoms with Crippen LogP contribution in [0.3, 0.4) is 0 Å². The summed E-state index contributed by atoms with van der Waals surface area (Å²) >= 11 is 0. The van der Waals surface area contributed by atoms with Crippen LogP contribution < -0.4 is 0 Å². The highest BCUT2D eigenvalue weighted by molar-refractivity contribution is 5.62. The minimum absolute atomic E-state index is 0.357. The Hall–Kier alpha value is -0.650. The van der Waals surface area contributed by atoms with Gasteiger partial charge in [-0.25, -0.2) is 0 Å². The van der Waals surface area contributed by atoms with E-state index in [-0.39, 0.29) is 0 Å². The maximum absolute atomic E-state index is 9.00. The third-order valence-corrected chi connectivity index (χ3v) is 5.39. The van der Waals surface area contributed by atoms with Gasteiger partial charge >= 0.3 is 0 Å². The minimum Gasteiger partial charge on any atom is -0.481 e. The second kappa shape index (κ2) is 31.5. The number of carbonyl (C=O) groups is 1. The third kappa shape index (κ3) is 40.3. The van der Waals surface area contributed by atoms with Crippen LogP contribution in [0.15, 0.2) is 0 Å². The van der Waals surface area contributed by atoms with Gasteiger partial charge in [-0.05, 0) is 25.7 Å². The Morgan fingerprint density at radius 1 is 0.484 bits per heavy atom. The molecule has 0 aromatic heterocycles. The highest BCUT2D eigenvalue weighted by Gasteiger charge is 1.95. The average Bonchev–Trinajstić information content (AvgIpc) is 2.74. The molecular formula is C26H54O5. The molecule has 0 fully saturated rings. The second-order valence-electron chi connectivity index (χ2n) is 8.65. The van der Waals surface area contributed by atoms with Crippen LogP contribution in [0.25, 0.3) is 0 Å². The van der Waals surface area contributed by atoms with Crippen molar-refractivity contribution >= 4 is 5.97 Å². The molecule has 0 bridgehead atoms. The van der Waals surface area contributed by atoms with E-state index < -0.39 is 5.97 Å². The molecule has 188 valence electrons. The second-order valence-corrected chi connectivity index (χ2v) is 8.65. The normalized spacial score (nSPS) is 10.7. The van der Waals surface area contributed by atoms with Crippen molar-refractivity contribution in [2.75, 3.05) is 26.4 Å². The smallest absolute Gasteiger partial charge is 0.300 e. The number of ether oxygens (including phenoxy) is 1. The van der Waals surface area contributed by atoms with E-state index in [4.69, 9.17) is 24.9 Å². The molecule has 0 aliphatic heterocycles. The quantitative estimate of drug-likeness (QED) is 0.141. The van der Waals surface area contributed by atoms with E-state index in [1.165, 1.54) is 116 Å². The van der Waals surface area contributed by atoms with Crippen molar-refractivity contribution in [2.45, 2.75) is 135 Å². The fraction of sp³-hybridized carbons (Fsp3) is 0.962. The molecule has 0 atom stereocenters. The first-order valence-electron chi connectivity index (χ1n) is 13.1. The fourth-order valence-corrected chi connectivity index (χ4v) is 3.56. The summed E-state index contributed by atoms with van der Waals surface area (Å²) in [5, 5.41) is 24.9. The molecule has 0 spiro atoms. The van der Waals surface area contributed by atoms with E-state index in [9.17, 15) is 0 Å². The van der Waals surface area contributed by atoms with E-state index in [2.05, 4.69) is 0 Å². The Balaban J connectivity index is 0. The molecule has 0 saturated carbocycles. The summed E-state index contributed by atoms with van der Waals surface area (Å²) in [4.78, 5) is 9.00. The number of aliphatic carboxylic acids is 1. The number of rotatable bonds is 24. The molecule has 0 heterocycles. The molecule has 0 aromatic carbocycles. The summed E-state index contributed by atoms with van der Waals surface area (Å²) in [5.74, 6) is -0.833. The summed E-state index contributed by atoms with van der Waals surface area (Å²) < 4.78 is 5.76. The Labute approximate surface area is 193 Å². The van der Waals surface area contributed by atoms with Gasteiger partial charge in [0.15, 0.2) is 0 Å². The molecule has 31 heavy (non-hydrogen) atoms. The number of carboxylic acid groups (broad SMARTS) is 1. The van der Waals surface area contributed by atoms with Crippen molar-refractivity contribution in [1.82, 2.24) is 0 Å². The van der Waals surface area contributed by atoms with Crippen molar-refractivity contribution in [2.24, 2.45) is 0 Å². The SMILES string of the molecule is CC(=O)O.OCCCCCCCCCCCCOCCCCCCCCCCCCO. The minimum atomic E-state index is -0.833. The van der Waals surface area contributed by atoms with Crippen LogP contribution in [0.5, 0.6) is 0 Å². The Morgan fingerprint density at radius 3 is 0.903 bits per heavy atom. The Morgan fingerprint density at radius 2 is 0.677 bits per heavy atom. The van der Waals surface area contributed by atoms with E-state index >= 15 is 0 Å². The van der Waals surface area contributed by atoms with Gasteiger partial charge in [0.05, 0.1) is 0 Å². The molecule has 3 N–H and O–H groups in total. The molecule has 5 nitrogen and oxygen atoms in total. The molecule has 0 aliphatic rings. The number of unbranched alkanes of at least 4 members (excludes halogenated alkanes) is 18. The van der Waals surface area contributed by atoms with Crippen molar-refractivity contribution < 1.29 is 24.9 Å². The van der Waals surface area contributed by atoms with Crippen molar-refractivity contribution in [3.8, 4) is 0 Å². The Kier molecular flexibility index (Phi) is 33.1. The Bertz CT molecular complexity index is 295. The van der Waals surface area contributed by atoms with Gasteiger partial charge < -0.3 is 20.1 Å². The maximum Gasteiger partial charge on any atom is 0.300 e. The zero-order valence-electron chi connectivity index (χ0n) is 20.6. The van der Waals surface area contributed by atoms with Gasteiger partial charge in [0.1, 0.15) is 0 Å². The number of aliphatic hydroxyl groups excluding tert-OH is 2. The summed E-state index contributed by atoms with van der Waals surface area (Å²) in [7, 11) is 0. The van der Waals surface area contributed by atoms with E-state index in [0.717, 1.165) is 33.0 Å². The first-order valence-corrected chi connectivity index (χ1v) is 13.1. The zero-order valence-corrected chi connectivity index (χ0v) is 20.6. The predicted octanol–water partition coefficient (Wildman–Crippen LogP) is 6.88. The van der Waals surface area contributed by atoms with Crippen LogP contribution in [0.1, 0.15) is 135 Å². The lowest BCUT2D eigenvalue weighted by atomic mass is 10.1. The predicted molar refractivity (Wildman–Crippen MR) is 131 cm³/mol. The largest absolute Gasteiger partial charge is 0.481 e. The van der Waals surface area contributed by atoms with E-state index in [1.54, 1.807) is 0 Å². The zero-order chi connectivity index (χ0) is 23.3. The average molecular weight is 447 g/mol. The fourth-order valence-electron chi connectivity index (χ4n) is 3.56. The number of hydrogen-bond donors (Lipinski definition) is 3. The standard InChI is InChI=1S/C24H50O3.C2H4O2/c25-21-17-13-9-5-1-3-7-11-15-19-23-27-24-20-16-12-8-4-2-6-10-14-18-22-26;1-2(3)4/h25-26H,1-24H2;1H3,(H,3,4). The topological polar surface area (TPSA) is 87.0 Å². The van der Waals surface area contributed by atoms with Crippen LogP contribution in [-0.4, -0.2) is 47.7 Å². The number of carboxylic acids is 1. The third-order valence-electron chi connectivity index (χ3n) is 5.39. The molecule has 0 aliphatic carbocycles. The van der Waals surface area contributed by atoms with E-state index in [0.29, 0.717) is 13.2 Å². The van der Waals surface area contributed by atoms with Gasteiger partial charge in [-0.3, -0.25) is 4.79 Å². The monoisotopic (exact) mass is 446 g/mol. The molecule has 0 aromatic rings. The lowest BCUT2D eigenvalue weighted by Gasteiger charge is -2.05. The maximum atomic E-state index is 9.00. The highest BCUT2D eigenvalue weighted by atomic mass is 16.5. The molecule has 0 radical (unpaired) electrons. The van der Waals surface area contributed by atoms with Gasteiger partial charge in [0.2, 0.25) is 0 Å². The van der Waals surface area contributed by atoms with E-state index in [1.807, 2.05) is 0 Å². The van der Waals surface area contributed by atoms with Crippen LogP contribution in [0.2, 0.25) is 0 Å². The first kappa shape index (κ1) is 32.5. The van der Waals surface area contributed by atoms with Gasteiger partial charge in [-0.15, -0.1) is 0 Å². The summed E-state index contributed by atoms with van der Waals surface area (Å²) in [6.07, 6.45) is 25.7. The highest BCUT2D eigenvalue weighted by Crippen LogP contribution is 2.12. The van der Waals surface area contributed by atoms with Crippen molar-refractivity contribution in [3.05, 3.63) is 0 Å². The molecule has 0 unspecified atom stereocenters. The molecule has 0 rings (SSSR count). The van der Waals surface area contributed by atoms with Gasteiger partial charge in [0.25, 0.3) is 5.97 Å². The van der Waals surface area contributed by atoms with Gasteiger partial charge in [0, 0.05) is 33.4 Å². The van der Waals surface area contributed by atoms with Crippen LogP contribution >= 0.6 is 0 Å². The molecule has 0 amide bonds. The molecular weight excluding hydrogens is 392 g/mol. The van der Waals surface area contributed by atoms with Crippen LogP contribution in [-0.2, 0) is 9.53 Å². The summed E-state index contributed by atoms with van der Waals surface area (Å²) in [5.41, 5.74) is 0. The lowest BCUT2D eigenvalue weighted by Crippen LogP contribution is -1.97. The summed E-state index contributed by atoms with van der Waals surface area (Å²) in [6, 6.07) is 0. The van der Waals surface area contributed by atoms with Gasteiger partial charge in [-0.1, -0.05) is 103 Å². The molecule has 0 saturated heterocycles.